The van der Waals surface area contributed by atoms with Crippen LogP contribution in [0.5, 0.6) is 17.2 Å². The molecule has 0 heterocycles. The summed E-state index contributed by atoms with van der Waals surface area (Å²) in [6.45, 7) is 10.4. The Morgan fingerprint density at radius 3 is 2.15 bits per heavy atom. The van der Waals surface area contributed by atoms with Gasteiger partial charge in [0.15, 0.2) is 5.78 Å². The van der Waals surface area contributed by atoms with Crippen molar-refractivity contribution in [2.75, 3.05) is 6.61 Å². The van der Waals surface area contributed by atoms with E-state index in [9.17, 15) is 4.79 Å². The Kier molecular flexibility index (Phi) is 7.47. The predicted molar refractivity (Wildman–Crippen MR) is 109 cm³/mol. The lowest BCUT2D eigenvalue weighted by molar-refractivity contribution is 0.104. The van der Waals surface area contributed by atoms with Crippen molar-refractivity contribution in [2.45, 2.75) is 46.8 Å². The summed E-state index contributed by atoms with van der Waals surface area (Å²) in [7, 11) is 0. The van der Waals surface area contributed by atoms with Crippen molar-refractivity contribution in [1.82, 2.24) is 0 Å². The van der Waals surface area contributed by atoms with Gasteiger partial charge in [0.2, 0.25) is 0 Å². The second kappa shape index (κ2) is 9.81. The number of carbonyl (C=O) groups excluding carboxylic acids is 1. The third-order valence-electron chi connectivity index (χ3n) is 3.58. The molecule has 0 radical (unpaired) electrons. The van der Waals surface area contributed by atoms with Crippen LogP contribution in [-0.2, 0) is 0 Å². The van der Waals surface area contributed by atoms with E-state index >= 15 is 0 Å². The highest BCUT2D eigenvalue weighted by atomic mass is 16.5. The molecule has 27 heavy (non-hydrogen) atoms. The maximum Gasteiger partial charge on any atom is 0.185 e. The number of hydrogen-bond acceptors (Lipinski definition) is 4. The molecule has 0 N–H and O–H groups in total. The minimum absolute atomic E-state index is 0.0215. The molecule has 144 valence electrons. The monoisotopic (exact) mass is 368 g/mol. The second-order valence-electron chi connectivity index (χ2n) is 6.69. The largest absolute Gasteiger partial charge is 0.494 e. The van der Waals surface area contributed by atoms with Crippen molar-refractivity contribution < 1.29 is 19.0 Å². The molecule has 0 aliphatic rings. The molecule has 0 spiro atoms. The predicted octanol–water partition coefficient (Wildman–Crippen LogP) is 5.56. The molecule has 0 bridgehead atoms. The van der Waals surface area contributed by atoms with Crippen LogP contribution in [0.3, 0.4) is 0 Å². The van der Waals surface area contributed by atoms with Gasteiger partial charge in [0.05, 0.1) is 18.8 Å². The molecule has 4 nitrogen and oxygen atoms in total. The lowest BCUT2D eigenvalue weighted by Gasteiger charge is -2.16. The average molecular weight is 368 g/mol. The summed E-state index contributed by atoms with van der Waals surface area (Å²) >= 11 is 0. The van der Waals surface area contributed by atoms with Gasteiger partial charge in [0, 0.05) is 17.2 Å². The molecule has 2 aromatic rings. The first-order valence-corrected chi connectivity index (χ1v) is 9.31. The molecule has 0 aromatic heterocycles. The van der Waals surface area contributed by atoms with Gasteiger partial charge >= 0.3 is 0 Å². The average Bonchev–Trinajstić information content (AvgIpc) is 2.61. The number of ether oxygens (including phenoxy) is 3. The Hall–Kier alpha value is -2.75. The van der Waals surface area contributed by atoms with Crippen LogP contribution >= 0.6 is 0 Å². The zero-order valence-electron chi connectivity index (χ0n) is 16.7. The Morgan fingerprint density at radius 1 is 0.926 bits per heavy atom. The lowest BCUT2D eigenvalue weighted by Crippen LogP contribution is -2.09. The van der Waals surface area contributed by atoms with Crippen molar-refractivity contribution in [2.24, 2.45) is 0 Å². The van der Waals surface area contributed by atoms with Crippen molar-refractivity contribution in [1.29, 1.82) is 0 Å². The molecule has 2 aromatic carbocycles. The molecule has 0 amide bonds. The van der Waals surface area contributed by atoms with Gasteiger partial charge in [-0.15, -0.1) is 0 Å². The van der Waals surface area contributed by atoms with Crippen LogP contribution in [0.1, 0.15) is 50.5 Å². The van der Waals surface area contributed by atoms with Gasteiger partial charge in [-0.2, -0.15) is 0 Å². The highest BCUT2D eigenvalue weighted by Crippen LogP contribution is 2.28. The molecular formula is C23H28O4. The van der Waals surface area contributed by atoms with Gasteiger partial charge in [0.25, 0.3) is 0 Å². The summed E-state index contributed by atoms with van der Waals surface area (Å²) in [5.74, 6) is 2.12. The standard InChI is InChI=1S/C23H28O4/c1-6-25-20-11-7-18(8-12-20)22(24)14-10-19-9-13-21(26-16(2)3)15-23(19)27-17(4)5/h7-17H,6H2,1-5H3/b14-10+. The smallest absolute Gasteiger partial charge is 0.185 e. The number of allylic oxidation sites excluding steroid dienone is 1. The summed E-state index contributed by atoms with van der Waals surface area (Å²) in [4.78, 5) is 12.4. The van der Waals surface area contributed by atoms with E-state index in [4.69, 9.17) is 14.2 Å². The fourth-order valence-electron chi connectivity index (χ4n) is 2.50. The molecule has 0 saturated carbocycles. The normalized spacial score (nSPS) is 11.2. The Balaban J connectivity index is 2.19. The van der Waals surface area contributed by atoms with E-state index in [1.54, 1.807) is 36.4 Å². The zero-order chi connectivity index (χ0) is 19.8. The molecule has 0 aliphatic heterocycles. The number of hydrogen-bond donors (Lipinski definition) is 0. The summed E-state index contributed by atoms with van der Waals surface area (Å²) in [6, 6.07) is 12.8. The maximum atomic E-state index is 12.4. The molecule has 4 heteroatoms. The Labute approximate surface area is 161 Å². The van der Waals surface area contributed by atoms with E-state index in [0.717, 1.165) is 17.1 Å². The van der Waals surface area contributed by atoms with Gasteiger partial charge in [-0.05, 0) is 83.2 Å². The van der Waals surface area contributed by atoms with Crippen LogP contribution in [0.25, 0.3) is 6.08 Å². The maximum absolute atomic E-state index is 12.4. The van der Waals surface area contributed by atoms with E-state index in [2.05, 4.69) is 0 Å². The Morgan fingerprint density at radius 2 is 1.56 bits per heavy atom. The molecule has 2 rings (SSSR count). The van der Waals surface area contributed by atoms with Crippen LogP contribution in [0, 0.1) is 0 Å². The summed E-state index contributed by atoms with van der Waals surface area (Å²) in [5, 5.41) is 0. The van der Waals surface area contributed by atoms with Gasteiger partial charge in [-0.25, -0.2) is 0 Å². The van der Waals surface area contributed by atoms with E-state index in [-0.39, 0.29) is 18.0 Å². The van der Waals surface area contributed by atoms with Crippen molar-refractivity contribution >= 4 is 11.9 Å². The van der Waals surface area contributed by atoms with Gasteiger partial charge in [0.1, 0.15) is 17.2 Å². The van der Waals surface area contributed by atoms with Crippen LogP contribution in [-0.4, -0.2) is 24.6 Å². The number of carbonyl (C=O) groups is 1. The second-order valence-corrected chi connectivity index (χ2v) is 6.69. The zero-order valence-corrected chi connectivity index (χ0v) is 16.7. The molecule has 0 aliphatic carbocycles. The minimum Gasteiger partial charge on any atom is -0.494 e. The van der Waals surface area contributed by atoms with Crippen molar-refractivity contribution in [3.8, 4) is 17.2 Å². The van der Waals surface area contributed by atoms with E-state index in [1.165, 1.54) is 0 Å². The summed E-state index contributed by atoms with van der Waals surface area (Å²) < 4.78 is 17.0. The number of benzene rings is 2. The summed E-state index contributed by atoms with van der Waals surface area (Å²) in [5.41, 5.74) is 1.44. The SMILES string of the molecule is CCOc1ccc(C(=O)/C=C/c2ccc(OC(C)C)cc2OC(C)C)cc1. The van der Waals surface area contributed by atoms with Crippen LogP contribution < -0.4 is 14.2 Å². The molecule has 0 fully saturated rings. The Bertz CT molecular complexity index is 773. The molecule has 0 unspecified atom stereocenters. The quantitative estimate of drug-likeness (QED) is 0.430. The lowest BCUT2D eigenvalue weighted by atomic mass is 10.1. The first kappa shape index (κ1) is 20.6. The summed E-state index contributed by atoms with van der Waals surface area (Å²) in [6.07, 6.45) is 3.43. The van der Waals surface area contributed by atoms with E-state index < -0.39 is 0 Å². The molecule has 0 atom stereocenters. The highest BCUT2D eigenvalue weighted by molar-refractivity contribution is 6.07. The molecular weight excluding hydrogens is 340 g/mol. The first-order valence-electron chi connectivity index (χ1n) is 9.31. The number of rotatable bonds is 9. The first-order chi connectivity index (χ1) is 12.9. The van der Waals surface area contributed by atoms with Gasteiger partial charge in [-0.1, -0.05) is 0 Å². The van der Waals surface area contributed by atoms with Gasteiger partial charge in [-0.3, -0.25) is 4.79 Å². The molecule has 0 saturated heterocycles. The fraction of sp³-hybridized carbons (Fsp3) is 0.348. The van der Waals surface area contributed by atoms with Crippen LogP contribution in [0.15, 0.2) is 48.5 Å². The third-order valence-corrected chi connectivity index (χ3v) is 3.58. The van der Waals surface area contributed by atoms with Gasteiger partial charge < -0.3 is 14.2 Å². The van der Waals surface area contributed by atoms with Crippen LogP contribution in [0.2, 0.25) is 0 Å². The van der Waals surface area contributed by atoms with E-state index in [1.807, 2.05) is 52.8 Å². The van der Waals surface area contributed by atoms with Crippen molar-refractivity contribution in [3.05, 3.63) is 59.7 Å². The van der Waals surface area contributed by atoms with Crippen molar-refractivity contribution in [3.63, 3.8) is 0 Å². The highest BCUT2D eigenvalue weighted by Gasteiger charge is 2.09. The minimum atomic E-state index is -0.0731. The van der Waals surface area contributed by atoms with Crippen LogP contribution in [0.4, 0.5) is 0 Å². The van der Waals surface area contributed by atoms with E-state index in [0.29, 0.717) is 17.9 Å². The fourth-order valence-corrected chi connectivity index (χ4v) is 2.50. The third kappa shape index (κ3) is 6.48. The number of ketones is 1. The topological polar surface area (TPSA) is 44.8 Å².